The molecule has 2 aromatic carbocycles. The van der Waals surface area contributed by atoms with Gasteiger partial charge < -0.3 is 19.7 Å². The molecule has 1 aliphatic heterocycles. The maximum Gasteiger partial charge on any atom is 0.254 e. The monoisotopic (exact) mass is 408 g/mol. The Balaban J connectivity index is 1.77. The fourth-order valence-electron chi connectivity index (χ4n) is 5.09. The number of hydrogen-bond acceptors (Lipinski definition) is 4. The van der Waals surface area contributed by atoms with Crippen LogP contribution >= 0.6 is 0 Å². The lowest BCUT2D eigenvalue weighted by atomic mass is 9.71. The maximum absolute atomic E-state index is 13.7. The summed E-state index contributed by atoms with van der Waals surface area (Å²) in [4.78, 5) is 29.0. The smallest absolute Gasteiger partial charge is 0.254 e. The van der Waals surface area contributed by atoms with Crippen LogP contribution in [0.15, 0.2) is 48.5 Å². The third-order valence-electron chi connectivity index (χ3n) is 6.41. The predicted molar refractivity (Wildman–Crippen MR) is 115 cm³/mol. The number of methoxy groups -OCH3 is 2. The average Bonchev–Trinajstić information content (AvgIpc) is 3.23. The number of fused-ring (bicyclic) bond motifs is 1. The SMILES string of the molecule is COCCN1C(=O)c2ccccc2C(C(=O)Nc2cccc(OC)c2)C12CCCC2. The summed E-state index contributed by atoms with van der Waals surface area (Å²) in [6.45, 7) is 0.923. The van der Waals surface area contributed by atoms with Crippen LogP contribution in [0.4, 0.5) is 5.69 Å². The first-order valence-corrected chi connectivity index (χ1v) is 10.5. The molecule has 0 saturated heterocycles. The van der Waals surface area contributed by atoms with Crippen molar-refractivity contribution in [3.63, 3.8) is 0 Å². The van der Waals surface area contributed by atoms with Crippen LogP contribution in [-0.2, 0) is 9.53 Å². The summed E-state index contributed by atoms with van der Waals surface area (Å²) >= 11 is 0. The lowest BCUT2D eigenvalue weighted by molar-refractivity contribution is -0.121. The number of hydrogen-bond donors (Lipinski definition) is 1. The molecule has 30 heavy (non-hydrogen) atoms. The fourth-order valence-corrected chi connectivity index (χ4v) is 5.09. The van der Waals surface area contributed by atoms with E-state index < -0.39 is 11.5 Å². The minimum absolute atomic E-state index is 0.00465. The van der Waals surface area contributed by atoms with Crippen molar-refractivity contribution < 1.29 is 19.1 Å². The molecular weight excluding hydrogens is 380 g/mol. The molecule has 1 saturated carbocycles. The van der Waals surface area contributed by atoms with E-state index in [0.29, 0.717) is 30.2 Å². The Hall–Kier alpha value is -2.86. The zero-order chi connectivity index (χ0) is 21.1. The summed E-state index contributed by atoms with van der Waals surface area (Å²) in [5.74, 6) is 0.156. The van der Waals surface area contributed by atoms with E-state index in [1.54, 1.807) is 14.2 Å². The summed E-state index contributed by atoms with van der Waals surface area (Å²) in [5.41, 5.74) is 1.59. The summed E-state index contributed by atoms with van der Waals surface area (Å²) in [7, 11) is 3.24. The first kappa shape index (κ1) is 20.4. The molecule has 6 heteroatoms. The van der Waals surface area contributed by atoms with Crippen molar-refractivity contribution in [2.75, 3.05) is 32.7 Å². The maximum atomic E-state index is 13.7. The topological polar surface area (TPSA) is 67.9 Å². The van der Waals surface area contributed by atoms with Crippen LogP contribution in [0, 0.1) is 0 Å². The van der Waals surface area contributed by atoms with E-state index in [1.165, 1.54) is 0 Å². The molecule has 4 rings (SSSR count). The van der Waals surface area contributed by atoms with Gasteiger partial charge in [-0.15, -0.1) is 0 Å². The molecule has 2 amide bonds. The number of amides is 2. The van der Waals surface area contributed by atoms with E-state index in [2.05, 4.69) is 5.32 Å². The van der Waals surface area contributed by atoms with E-state index in [1.807, 2.05) is 53.4 Å². The van der Waals surface area contributed by atoms with Gasteiger partial charge in [-0.25, -0.2) is 0 Å². The standard InChI is InChI=1S/C24H28N2O4/c1-29-15-14-26-23(28)20-11-4-3-10-19(20)21(24(26)12-5-6-13-24)22(27)25-17-8-7-9-18(16-17)30-2/h3-4,7-11,16,21H,5-6,12-15H2,1-2H3,(H,25,27). The van der Waals surface area contributed by atoms with E-state index in [9.17, 15) is 9.59 Å². The summed E-state index contributed by atoms with van der Waals surface area (Å²) in [6, 6.07) is 14.9. The minimum Gasteiger partial charge on any atom is -0.497 e. The van der Waals surface area contributed by atoms with Gasteiger partial charge in [-0.3, -0.25) is 9.59 Å². The van der Waals surface area contributed by atoms with Gasteiger partial charge in [0.2, 0.25) is 5.91 Å². The Bertz CT molecular complexity index is 936. The van der Waals surface area contributed by atoms with Gasteiger partial charge in [0.05, 0.1) is 25.2 Å². The highest BCUT2D eigenvalue weighted by atomic mass is 16.5. The number of carbonyl (C=O) groups excluding carboxylic acids is 2. The summed E-state index contributed by atoms with van der Waals surface area (Å²) in [5, 5.41) is 3.08. The Morgan fingerprint density at radius 2 is 1.90 bits per heavy atom. The number of anilines is 1. The largest absolute Gasteiger partial charge is 0.497 e. The lowest BCUT2D eigenvalue weighted by Crippen LogP contribution is -2.60. The molecule has 1 unspecified atom stereocenters. The van der Waals surface area contributed by atoms with Gasteiger partial charge in [0.15, 0.2) is 0 Å². The van der Waals surface area contributed by atoms with Gasteiger partial charge in [-0.1, -0.05) is 37.1 Å². The minimum atomic E-state index is -0.521. The van der Waals surface area contributed by atoms with Crippen molar-refractivity contribution >= 4 is 17.5 Å². The molecular formula is C24H28N2O4. The van der Waals surface area contributed by atoms with E-state index in [4.69, 9.17) is 9.47 Å². The summed E-state index contributed by atoms with van der Waals surface area (Å²) in [6.07, 6.45) is 3.63. The van der Waals surface area contributed by atoms with Crippen molar-refractivity contribution in [1.82, 2.24) is 4.90 Å². The Morgan fingerprint density at radius 1 is 1.13 bits per heavy atom. The Kier molecular flexibility index (Phi) is 5.77. The molecule has 1 fully saturated rings. The van der Waals surface area contributed by atoms with Crippen LogP contribution in [0.1, 0.15) is 47.5 Å². The summed E-state index contributed by atoms with van der Waals surface area (Å²) < 4.78 is 10.6. The molecule has 158 valence electrons. The number of benzene rings is 2. The molecule has 0 bridgehead atoms. The van der Waals surface area contributed by atoms with Crippen LogP contribution in [0.2, 0.25) is 0 Å². The van der Waals surface area contributed by atoms with Crippen LogP contribution in [0.25, 0.3) is 0 Å². The molecule has 6 nitrogen and oxygen atoms in total. The molecule has 1 aliphatic carbocycles. The van der Waals surface area contributed by atoms with E-state index in [-0.39, 0.29) is 11.8 Å². The molecule has 0 radical (unpaired) electrons. The molecule has 0 aromatic heterocycles. The first-order valence-electron chi connectivity index (χ1n) is 10.5. The van der Waals surface area contributed by atoms with Gasteiger partial charge in [0, 0.05) is 31.0 Å². The van der Waals surface area contributed by atoms with Crippen molar-refractivity contribution in [1.29, 1.82) is 0 Å². The second-order valence-corrected chi connectivity index (χ2v) is 8.00. The normalized spacial score (nSPS) is 19.6. The van der Waals surface area contributed by atoms with Gasteiger partial charge in [0.25, 0.3) is 5.91 Å². The zero-order valence-electron chi connectivity index (χ0n) is 17.5. The fraction of sp³-hybridized carbons (Fsp3) is 0.417. The average molecular weight is 408 g/mol. The van der Waals surface area contributed by atoms with Crippen molar-refractivity contribution in [2.45, 2.75) is 37.1 Å². The van der Waals surface area contributed by atoms with Gasteiger partial charge >= 0.3 is 0 Å². The molecule has 2 aliphatic rings. The van der Waals surface area contributed by atoms with Gasteiger partial charge in [0.1, 0.15) is 5.75 Å². The second kappa shape index (κ2) is 8.48. The predicted octanol–water partition coefficient (Wildman–Crippen LogP) is 3.83. The molecule has 2 aromatic rings. The number of rotatable bonds is 6. The number of nitrogens with one attached hydrogen (secondary N) is 1. The van der Waals surface area contributed by atoms with E-state index >= 15 is 0 Å². The molecule has 1 N–H and O–H groups in total. The van der Waals surface area contributed by atoms with Crippen molar-refractivity contribution in [3.8, 4) is 5.75 Å². The van der Waals surface area contributed by atoms with Gasteiger partial charge in [-0.2, -0.15) is 0 Å². The number of carbonyl (C=O) groups is 2. The number of ether oxygens (including phenoxy) is 2. The Labute approximate surface area is 177 Å². The van der Waals surface area contributed by atoms with Gasteiger partial charge in [-0.05, 0) is 36.6 Å². The highest BCUT2D eigenvalue weighted by Crippen LogP contribution is 2.50. The van der Waals surface area contributed by atoms with Crippen molar-refractivity contribution in [3.05, 3.63) is 59.7 Å². The van der Waals surface area contributed by atoms with Crippen LogP contribution in [0.3, 0.4) is 0 Å². The second-order valence-electron chi connectivity index (χ2n) is 8.00. The van der Waals surface area contributed by atoms with E-state index in [0.717, 1.165) is 31.2 Å². The zero-order valence-corrected chi connectivity index (χ0v) is 17.5. The van der Waals surface area contributed by atoms with Crippen LogP contribution in [0.5, 0.6) is 5.75 Å². The highest BCUT2D eigenvalue weighted by molar-refractivity contribution is 6.05. The third-order valence-corrected chi connectivity index (χ3v) is 6.41. The Morgan fingerprint density at radius 3 is 2.63 bits per heavy atom. The first-order chi connectivity index (χ1) is 14.6. The lowest BCUT2D eigenvalue weighted by Gasteiger charge is -2.50. The molecule has 1 spiro atoms. The molecule has 1 atom stereocenters. The highest BCUT2D eigenvalue weighted by Gasteiger charge is 2.55. The van der Waals surface area contributed by atoms with Crippen molar-refractivity contribution in [2.24, 2.45) is 0 Å². The third kappa shape index (κ3) is 3.45. The molecule has 1 heterocycles. The van der Waals surface area contributed by atoms with Crippen LogP contribution in [-0.4, -0.2) is 49.6 Å². The van der Waals surface area contributed by atoms with Crippen LogP contribution < -0.4 is 10.1 Å². The quantitative estimate of drug-likeness (QED) is 0.789. The number of nitrogens with zero attached hydrogens (tertiary/aromatic N) is 1.